The van der Waals surface area contributed by atoms with Crippen molar-refractivity contribution in [3.05, 3.63) is 73.1 Å². The van der Waals surface area contributed by atoms with Gasteiger partial charge in [0.1, 0.15) is 5.75 Å². The van der Waals surface area contributed by atoms with Crippen LogP contribution in [0.15, 0.2) is 73.1 Å². The van der Waals surface area contributed by atoms with Gasteiger partial charge in [0.25, 0.3) is 0 Å². The summed E-state index contributed by atoms with van der Waals surface area (Å²) in [6, 6.07) is 19.6. The lowest BCUT2D eigenvalue weighted by Crippen LogP contribution is -1.89. The highest BCUT2D eigenvalue weighted by molar-refractivity contribution is 5.63. The summed E-state index contributed by atoms with van der Waals surface area (Å²) >= 11 is 0. The Bertz CT molecular complexity index is 656. The maximum atomic E-state index is 9.82. The maximum absolute atomic E-state index is 9.82. The van der Waals surface area contributed by atoms with Gasteiger partial charge in [0.15, 0.2) is 0 Å². The lowest BCUT2D eigenvalue weighted by atomic mass is 10.1. The van der Waals surface area contributed by atoms with E-state index < -0.39 is 0 Å². The fraction of sp³-hybridized carbons (Fsp3) is 0. The zero-order chi connectivity index (χ0) is 12.4. The van der Waals surface area contributed by atoms with E-state index in [1.807, 2.05) is 59.4 Å². The SMILES string of the molecule is Oc1ccccc1-n1ccc(-c2ccccc2)c1. The van der Waals surface area contributed by atoms with Gasteiger partial charge in [-0.05, 0) is 29.3 Å². The van der Waals surface area contributed by atoms with Crippen LogP contribution in [-0.2, 0) is 0 Å². The summed E-state index contributed by atoms with van der Waals surface area (Å²) in [5, 5.41) is 9.82. The van der Waals surface area contributed by atoms with Crippen molar-refractivity contribution in [2.24, 2.45) is 0 Å². The minimum Gasteiger partial charge on any atom is -0.506 e. The quantitative estimate of drug-likeness (QED) is 0.717. The summed E-state index contributed by atoms with van der Waals surface area (Å²) in [6.07, 6.45) is 3.97. The van der Waals surface area contributed by atoms with Crippen molar-refractivity contribution in [2.75, 3.05) is 0 Å². The largest absolute Gasteiger partial charge is 0.506 e. The molecule has 0 radical (unpaired) electrons. The Morgan fingerprint density at radius 3 is 2.22 bits per heavy atom. The van der Waals surface area contributed by atoms with E-state index in [1.165, 1.54) is 5.56 Å². The van der Waals surface area contributed by atoms with Crippen molar-refractivity contribution in [2.45, 2.75) is 0 Å². The summed E-state index contributed by atoms with van der Waals surface area (Å²) < 4.78 is 1.93. The third-order valence-electron chi connectivity index (χ3n) is 2.96. The molecule has 0 spiro atoms. The van der Waals surface area contributed by atoms with Gasteiger partial charge in [0.2, 0.25) is 0 Å². The molecule has 0 aliphatic rings. The number of para-hydroxylation sites is 2. The minimum atomic E-state index is 0.285. The monoisotopic (exact) mass is 235 g/mol. The van der Waals surface area contributed by atoms with Crippen LogP contribution in [0.25, 0.3) is 16.8 Å². The summed E-state index contributed by atoms with van der Waals surface area (Å²) in [4.78, 5) is 0. The second-order valence-corrected chi connectivity index (χ2v) is 4.16. The average Bonchev–Trinajstić information content (AvgIpc) is 2.90. The number of rotatable bonds is 2. The molecule has 3 aromatic rings. The number of aromatic hydroxyl groups is 1. The molecule has 2 nitrogen and oxygen atoms in total. The third-order valence-corrected chi connectivity index (χ3v) is 2.96. The zero-order valence-corrected chi connectivity index (χ0v) is 9.82. The molecule has 1 heterocycles. The highest BCUT2D eigenvalue weighted by atomic mass is 16.3. The van der Waals surface area contributed by atoms with E-state index in [2.05, 4.69) is 12.1 Å². The van der Waals surface area contributed by atoms with Crippen molar-refractivity contribution < 1.29 is 5.11 Å². The standard InChI is InChI=1S/C16H13NO/c18-16-9-5-4-8-15(16)17-11-10-14(12-17)13-6-2-1-3-7-13/h1-12,18H. The van der Waals surface area contributed by atoms with E-state index in [0.717, 1.165) is 11.3 Å². The van der Waals surface area contributed by atoms with E-state index in [1.54, 1.807) is 6.07 Å². The molecule has 0 fully saturated rings. The molecule has 1 N–H and O–H groups in total. The smallest absolute Gasteiger partial charge is 0.139 e. The van der Waals surface area contributed by atoms with Gasteiger partial charge in [-0.15, -0.1) is 0 Å². The van der Waals surface area contributed by atoms with Crippen LogP contribution in [-0.4, -0.2) is 9.67 Å². The number of benzene rings is 2. The normalized spacial score (nSPS) is 10.4. The molecule has 1 aromatic heterocycles. The fourth-order valence-corrected chi connectivity index (χ4v) is 2.03. The van der Waals surface area contributed by atoms with Crippen LogP contribution >= 0.6 is 0 Å². The van der Waals surface area contributed by atoms with Gasteiger partial charge in [-0.25, -0.2) is 0 Å². The highest BCUT2D eigenvalue weighted by Gasteiger charge is 2.04. The van der Waals surface area contributed by atoms with Crippen LogP contribution in [0.5, 0.6) is 5.75 Å². The second-order valence-electron chi connectivity index (χ2n) is 4.16. The molecule has 0 aliphatic carbocycles. The fourth-order valence-electron chi connectivity index (χ4n) is 2.03. The van der Waals surface area contributed by atoms with Gasteiger partial charge in [0, 0.05) is 12.4 Å². The molecule has 2 aromatic carbocycles. The van der Waals surface area contributed by atoms with Crippen LogP contribution in [0.2, 0.25) is 0 Å². The molecule has 0 saturated heterocycles. The van der Waals surface area contributed by atoms with Crippen molar-refractivity contribution in [1.29, 1.82) is 0 Å². The van der Waals surface area contributed by atoms with Gasteiger partial charge >= 0.3 is 0 Å². The molecular formula is C16H13NO. The molecule has 0 bridgehead atoms. The van der Waals surface area contributed by atoms with Gasteiger partial charge in [0.05, 0.1) is 5.69 Å². The van der Waals surface area contributed by atoms with Crippen LogP contribution < -0.4 is 0 Å². The molecule has 3 rings (SSSR count). The highest BCUT2D eigenvalue weighted by Crippen LogP contribution is 2.25. The average molecular weight is 235 g/mol. The van der Waals surface area contributed by atoms with Crippen molar-refractivity contribution >= 4 is 0 Å². The number of hydrogen-bond donors (Lipinski definition) is 1. The topological polar surface area (TPSA) is 25.2 Å². The van der Waals surface area contributed by atoms with Crippen LogP contribution in [0, 0.1) is 0 Å². The Labute approximate surface area is 106 Å². The summed E-state index contributed by atoms with van der Waals surface area (Å²) in [6.45, 7) is 0. The summed E-state index contributed by atoms with van der Waals surface area (Å²) in [7, 11) is 0. The number of hydrogen-bond acceptors (Lipinski definition) is 1. The van der Waals surface area contributed by atoms with Gasteiger partial charge in [-0.2, -0.15) is 0 Å². The zero-order valence-electron chi connectivity index (χ0n) is 9.82. The van der Waals surface area contributed by atoms with Crippen molar-refractivity contribution in [3.63, 3.8) is 0 Å². The Morgan fingerprint density at radius 1 is 0.722 bits per heavy atom. The molecule has 0 unspecified atom stereocenters. The predicted octanol–water partition coefficient (Wildman–Crippen LogP) is 3.85. The van der Waals surface area contributed by atoms with E-state index in [4.69, 9.17) is 0 Å². The van der Waals surface area contributed by atoms with Crippen LogP contribution in [0.4, 0.5) is 0 Å². The lowest BCUT2D eigenvalue weighted by Gasteiger charge is -2.04. The molecule has 0 atom stereocenters. The van der Waals surface area contributed by atoms with E-state index in [-0.39, 0.29) is 5.75 Å². The summed E-state index contributed by atoms with van der Waals surface area (Å²) in [5.74, 6) is 0.285. The number of phenolic OH excluding ortho intramolecular Hbond substituents is 1. The van der Waals surface area contributed by atoms with E-state index in [0.29, 0.717) is 0 Å². The third kappa shape index (κ3) is 1.89. The van der Waals surface area contributed by atoms with E-state index in [9.17, 15) is 5.11 Å². The molecule has 2 heteroatoms. The molecule has 0 saturated carbocycles. The van der Waals surface area contributed by atoms with Crippen molar-refractivity contribution in [3.8, 4) is 22.6 Å². The Balaban J connectivity index is 2.03. The Morgan fingerprint density at radius 2 is 1.44 bits per heavy atom. The first-order chi connectivity index (χ1) is 8.84. The first kappa shape index (κ1) is 10.7. The molecule has 0 aliphatic heterocycles. The molecule has 0 amide bonds. The number of aromatic nitrogens is 1. The number of nitrogens with zero attached hydrogens (tertiary/aromatic N) is 1. The Kier molecular flexibility index (Phi) is 2.61. The number of phenols is 1. The Hall–Kier alpha value is -2.48. The molecule has 18 heavy (non-hydrogen) atoms. The first-order valence-corrected chi connectivity index (χ1v) is 5.86. The molecular weight excluding hydrogens is 222 g/mol. The molecule has 88 valence electrons. The van der Waals surface area contributed by atoms with E-state index >= 15 is 0 Å². The maximum Gasteiger partial charge on any atom is 0.139 e. The van der Waals surface area contributed by atoms with Gasteiger partial charge < -0.3 is 9.67 Å². The van der Waals surface area contributed by atoms with Gasteiger partial charge in [-0.1, -0.05) is 42.5 Å². The van der Waals surface area contributed by atoms with Crippen LogP contribution in [0.1, 0.15) is 0 Å². The van der Waals surface area contributed by atoms with Crippen molar-refractivity contribution in [1.82, 2.24) is 4.57 Å². The minimum absolute atomic E-state index is 0.285. The second kappa shape index (κ2) is 4.41. The lowest BCUT2D eigenvalue weighted by molar-refractivity contribution is 0.472. The van der Waals surface area contributed by atoms with Crippen LogP contribution in [0.3, 0.4) is 0 Å². The summed E-state index contributed by atoms with van der Waals surface area (Å²) in [5.41, 5.74) is 3.10. The first-order valence-electron chi connectivity index (χ1n) is 5.86. The predicted molar refractivity (Wildman–Crippen MR) is 72.9 cm³/mol. The van der Waals surface area contributed by atoms with Gasteiger partial charge in [-0.3, -0.25) is 0 Å².